The van der Waals surface area contributed by atoms with Gasteiger partial charge in [-0.15, -0.1) is 0 Å². The van der Waals surface area contributed by atoms with Crippen molar-refractivity contribution >= 4 is 19.2 Å². The third-order valence-corrected chi connectivity index (χ3v) is 5.75. The summed E-state index contributed by atoms with van der Waals surface area (Å²) in [6, 6.07) is -1.04. The van der Waals surface area contributed by atoms with Crippen LogP contribution in [-0.4, -0.2) is 49.6 Å². The zero-order chi connectivity index (χ0) is 11.4. The van der Waals surface area contributed by atoms with Crippen molar-refractivity contribution in [1.29, 1.82) is 0 Å². The number of hydrogen-bond acceptors (Lipinski definition) is 4. The lowest BCUT2D eigenvalue weighted by Crippen LogP contribution is -2.34. The second-order valence-electron chi connectivity index (χ2n) is 3.67. The highest BCUT2D eigenvalue weighted by atomic mass is 31.2. The molecular weight excluding hydrogens is 225 g/mol. The highest BCUT2D eigenvalue weighted by Crippen LogP contribution is 2.94. The molecule has 8 heteroatoms. The first-order chi connectivity index (χ1) is 6.90. The molecule has 2 aliphatic rings. The van der Waals surface area contributed by atoms with E-state index < -0.39 is 36.9 Å². The first-order valence-corrected chi connectivity index (χ1v) is 6.21. The topological polar surface area (TPSA) is 115 Å². The van der Waals surface area contributed by atoms with Crippen molar-refractivity contribution in [1.82, 2.24) is 4.67 Å². The third-order valence-electron chi connectivity index (χ3n) is 2.75. The minimum Gasteiger partial charge on any atom is -0.481 e. The van der Waals surface area contributed by atoms with E-state index in [0.717, 1.165) is 0 Å². The fourth-order valence-electron chi connectivity index (χ4n) is 1.80. The molecule has 0 radical (unpaired) electrons. The number of carboxylic acids is 2. The van der Waals surface area contributed by atoms with Crippen LogP contribution in [0.2, 0.25) is 0 Å². The van der Waals surface area contributed by atoms with Crippen molar-refractivity contribution in [2.24, 2.45) is 0 Å². The van der Waals surface area contributed by atoms with Crippen LogP contribution in [-0.2, 0) is 14.2 Å². The Bertz CT molecular complexity index is 382. The largest absolute Gasteiger partial charge is 0.481 e. The molecule has 15 heavy (non-hydrogen) atoms. The van der Waals surface area contributed by atoms with Gasteiger partial charge in [-0.3, -0.25) is 9.59 Å². The number of carboxylic acid groups (broad SMARTS) is 2. The molecule has 5 atom stereocenters. The van der Waals surface area contributed by atoms with Crippen molar-refractivity contribution in [3.8, 4) is 0 Å². The lowest BCUT2D eigenvalue weighted by atomic mass is 10.1. The molecule has 84 valence electrons. The Labute approximate surface area is 84.7 Å². The lowest BCUT2D eigenvalue weighted by molar-refractivity contribution is -0.142. The fraction of sp³-hybridized carbons (Fsp3) is 0.714. The maximum Gasteiger partial charge on any atom is 0.321 e. The number of carbonyl (C=O) groups is 2. The number of fused-ring (bicyclic) bond motifs is 1. The highest BCUT2D eigenvalue weighted by molar-refractivity contribution is 7.78. The van der Waals surface area contributed by atoms with Gasteiger partial charge in [0.25, 0.3) is 0 Å². The molecule has 0 aromatic rings. The van der Waals surface area contributed by atoms with Gasteiger partial charge in [0.15, 0.2) is 0 Å². The van der Waals surface area contributed by atoms with Gasteiger partial charge in [0.1, 0.15) is 17.7 Å². The molecule has 0 aromatic carbocycles. The quantitative estimate of drug-likeness (QED) is 0.437. The molecule has 3 N–H and O–H groups in total. The van der Waals surface area contributed by atoms with Gasteiger partial charge in [-0.2, -0.15) is 0 Å². The molecule has 7 nitrogen and oxygen atoms in total. The van der Waals surface area contributed by atoms with Crippen molar-refractivity contribution in [3.63, 3.8) is 0 Å². The average Bonchev–Trinajstić information content (AvgIpc) is 2.90. The Kier molecular flexibility index (Phi) is 2.15. The molecule has 0 aromatic heterocycles. The van der Waals surface area contributed by atoms with E-state index in [0.29, 0.717) is 0 Å². The Hall–Kier alpha value is -0.910. The van der Waals surface area contributed by atoms with Crippen LogP contribution < -0.4 is 0 Å². The van der Waals surface area contributed by atoms with E-state index in [1.165, 1.54) is 4.67 Å². The van der Waals surface area contributed by atoms with E-state index in [1.54, 1.807) is 0 Å². The Morgan fingerprint density at radius 2 is 1.93 bits per heavy atom. The van der Waals surface area contributed by atoms with Gasteiger partial charge in [0.05, 0.1) is 0 Å². The molecule has 2 heterocycles. The van der Waals surface area contributed by atoms with Crippen molar-refractivity contribution in [3.05, 3.63) is 0 Å². The van der Waals surface area contributed by atoms with Gasteiger partial charge in [-0.05, 0) is 6.42 Å². The molecule has 0 aliphatic carbocycles. The van der Waals surface area contributed by atoms with Crippen molar-refractivity contribution in [2.75, 3.05) is 0 Å². The first kappa shape index (κ1) is 10.6. The van der Waals surface area contributed by atoms with E-state index in [1.807, 2.05) is 0 Å². The van der Waals surface area contributed by atoms with Crippen LogP contribution >= 0.6 is 7.29 Å². The minimum atomic E-state index is -2.78. The molecule has 0 saturated carbocycles. The highest BCUT2D eigenvalue weighted by Gasteiger charge is 2.86. The molecule has 2 fully saturated rings. The summed E-state index contributed by atoms with van der Waals surface area (Å²) in [5.74, 6) is -3.68. The third kappa shape index (κ3) is 1.39. The average molecular weight is 235 g/mol. The molecule has 5 unspecified atom stereocenters. The van der Waals surface area contributed by atoms with Crippen LogP contribution in [0, 0.1) is 0 Å². The molecular formula is C7H10NO6P. The Morgan fingerprint density at radius 3 is 2.27 bits per heavy atom. The van der Waals surface area contributed by atoms with E-state index in [9.17, 15) is 14.2 Å². The number of aliphatic hydroxyl groups excluding tert-OH is 1. The first-order valence-electron chi connectivity index (χ1n) is 4.41. The lowest BCUT2D eigenvalue weighted by Gasteiger charge is -2.17. The predicted octanol–water partition coefficient (Wildman–Crippen LogP) is -0.444. The van der Waals surface area contributed by atoms with Gasteiger partial charge in [0, 0.05) is 6.42 Å². The van der Waals surface area contributed by atoms with Crippen molar-refractivity contribution in [2.45, 2.75) is 30.5 Å². The van der Waals surface area contributed by atoms with Crippen LogP contribution in [0.15, 0.2) is 0 Å². The number of aliphatic hydroxyl groups is 1. The minimum absolute atomic E-state index is 0.0854. The smallest absolute Gasteiger partial charge is 0.321 e. The van der Waals surface area contributed by atoms with Crippen LogP contribution in [0.1, 0.15) is 12.8 Å². The van der Waals surface area contributed by atoms with E-state index in [4.69, 9.17) is 15.3 Å². The molecule has 2 rings (SSSR count). The summed E-state index contributed by atoms with van der Waals surface area (Å²) in [7, 11) is -2.78. The number of nitrogens with zero attached hydrogens (tertiary/aromatic N) is 1. The SMILES string of the molecule is O=C(O)CCC(C(=O)O)N1C2C(O)P21=O. The summed E-state index contributed by atoms with van der Waals surface area (Å²) < 4.78 is 12.7. The number of rotatable bonds is 5. The fourth-order valence-corrected chi connectivity index (χ4v) is 4.72. The van der Waals surface area contributed by atoms with Gasteiger partial charge < -0.3 is 19.9 Å². The molecule has 2 aliphatic heterocycles. The monoisotopic (exact) mass is 235 g/mol. The van der Waals surface area contributed by atoms with Gasteiger partial charge in [-0.25, -0.2) is 4.67 Å². The van der Waals surface area contributed by atoms with E-state index in [2.05, 4.69) is 0 Å². The van der Waals surface area contributed by atoms with E-state index >= 15 is 0 Å². The zero-order valence-corrected chi connectivity index (χ0v) is 8.50. The molecule has 2 saturated heterocycles. The summed E-state index contributed by atoms with van der Waals surface area (Å²) in [5, 5.41) is 26.2. The second-order valence-corrected chi connectivity index (χ2v) is 6.53. The van der Waals surface area contributed by atoms with Crippen molar-refractivity contribution < 1.29 is 29.5 Å². The summed E-state index contributed by atoms with van der Waals surface area (Å²) in [5.41, 5.74) is 0. The number of aliphatic carboxylic acids is 2. The predicted molar refractivity (Wildman–Crippen MR) is 47.5 cm³/mol. The van der Waals surface area contributed by atoms with Crippen LogP contribution in [0.3, 0.4) is 0 Å². The Morgan fingerprint density at radius 1 is 1.40 bits per heavy atom. The van der Waals surface area contributed by atoms with Gasteiger partial charge >= 0.3 is 11.9 Å². The molecule has 0 bridgehead atoms. The summed E-state index contributed by atoms with van der Waals surface area (Å²) >= 11 is 0. The molecule has 0 spiro atoms. The molecule has 0 amide bonds. The van der Waals surface area contributed by atoms with Crippen LogP contribution in [0.5, 0.6) is 0 Å². The normalized spacial score (nSPS) is 42.9. The Balaban J connectivity index is 1.95. The standard InChI is InChI=1S/C7H10NO6P/c9-4(10)2-1-3(6(11)12)8-5-7(13)15(5,8)14/h3,5,7,13H,1-2H2,(H,9,10)(H,11,12). The van der Waals surface area contributed by atoms with Gasteiger partial charge in [-0.1, -0.05) is 0 Å². The van der Waals surface area contributed by atoms with Crippen LogP contribution in [0.4, 0.5) is 0 Å². The van der Waals surface area contributed by atoms with E-state index in [-0.39, 0.29) is 12.8 Å². The summed E-state index contributed by atoms with van der Waals surface area (Å²) in [6.07, 6.45) is -0.367. The van der Waals surface area contributed by atoms with Crippen LogP contribution in [0.25, 0.3) is 0 Å². The maximum atomic E-state index is 11.5. The maximum absolute atomic E-state index is 11.5. The summed E-state index contributed by atoms with van der Waals surface area (Å²) in [6.45, 7) is 0. The zero-order valence-electron chi connectivity index (χ0n) is 7.61. The second kappa shape index (κ2) is 3.04. The summed E-state index contributed by atoms with van der Waals surface area (Å²) in [4.78, 5) is 21.0. The number of hydrogen-bond donors (Lipinski definition) is 3. The van der Waals surface area contributed by atoms with Gasteiger partial charge in [0.2, 0.25) is 7.29 Å².